The number of hydrogen-bond donors (Lipinski definition) is 0. The highest BCUT2D eigenvalue weighted by atomic mass is 15.2. The molecule has 1 aliphatic rings. The van der Waals surface area contributed by atoms with E-state index in [9.17, 15) is 0 Å². The van der Waals surface area contributed by atoms with E-state index in [1.54, 1.807) is 0 Å². The molecule has 2 atom stereocenters. The summed E-state index contributed by atoms with van der Waals surface area (Å²) in [6.45, 7) is 8.49. The minimum absolute atomic E-state index is 0.692. The summed E-state index contributed by atoms with van der Waals surface area (Å²) in [5.41, 5.74) is 1.29. The van der Waals surface area contributed by atoms with Crippen molar-refractivity contribution < 1.29 is 0 Å². The van der Waals surface area contributed by atoms with Crippen molar-refractivity contribution in [1.29, 1.82) is 0 Å². The number of likely N-dealkylation sites (tertiary alicyclic amines) is 1. The van der Waals surface area contributed by atoms with Crippen LogP contribution in [0.25, 0.3) is 0 Å². The van der Waals surface area contributed by atoms with Crippen molar-refractivity contribution in [2.75, 3.05) is 7.05 Å². The van der Waals surface area contributed by atoms with Gasteiger partial charge in [0, 0.05) is 18.8 Å². The molecule has 1 saturated heterocycles. The van der Waals surface area contributed by atoms with Gasteiger partial charge in [-0.15, -0.1) is 0 Å². The maximum Gasteiger partial charge on any atom is 0.0284 e. The Morgan fingerprint density at radius 3 is 2.22 bits per heavy atom. The molecule has 9 heavy (non-hydrogen) atoms. The van der Waals surface area contributed by atoms with Crippen LogP contribution in [0.2, 0.25) is 0 Å². The summed E-state index contributed by atoms with van der Waals surface area (Å²) in [6.07, 6.45) is 1.18. The van der Waals surface area contributed by atoms with Crippen LogP contribution in [0.3, 0.4) is 0 Å². The molecule has 0 bridgehead atoms. The van der Waals surface area contributed by atoms with Gasteiger partial charge in [0.25, 0.3) is 0 Å². The van der Waals surface area contributed by atoms with Gasteiger partial charge in [0.2, 0.25) is 0 Å². The van der Waals surface area contributed by atoms with Crippen LogP contribution in [-0.2, 0) is 0 Å². The number of hydrogen-bond acceptors (Lipinski definition) is 1. The number of allylic oxidation sites excluding steroid dienone is 1. The summed E-state index contributed by atoms with van der Waals surface area (Å²) in [5.74, 6) is 0.794. The summed E-state index contributed by atoms with van der Waals surface area (Å²) < 4.78 is 0. The van der Waals surface area contributed by atoms with Gasteiger partial charge in [0.15, 0.2) is 0 Å². The molecule has 1 heteroatoms. The normalized spacial score (nSPS) is 35.9. The van der Waals surface area contributed by atoms with E-state index in [0.29, 0.717) is 6.04 Å². The van der Waals surface area contributed by atoms with Crippen LogP contribution in [0.15, 0.2) is 12.3 Å². The summed E-state index contributed by atoms with van der Waals surface area (Å²) >= 11 is 0. The zero-order valence-corrected chi connectivity index (χ0v) is 6.52. The third-order valence-electron chi connectivity index (χ3n) is 2.49. The van der Waals surface area contributed by atoms with Gasteiger partial charge in [-0.3, -0.25) is 0 Å². The summed E-state index contributed by atoms with van der Waals surface area (Å²) in [4.78, 5) is 2.27. The smallest absolute Gasteiger partial charge is 0.0284 e. The van der Waals surface area contributed by atoms with Crippen molar-refractivity contribution >= 4 is 0 Å². The van der Waals surface area contributed by atoms with E-state index in [1.807, 2.05) is 0 Å². The highest BCUT2D eigenvalue weighted by molar-refractivity contribution is 5.04. The lowest BCUT2D eigenvalue weighted by Crippen LogP contribution is -2.23. The molecule has 1 rings (SSSR count). The molecule has 1 fully saturated rings. The average molecular weight is 125 g/mol. The first-order valence-corrected chi connectivity index (χ1v) is 3.53. The van der Waals surface area contributed by atoms with E-state index in [4.69, 9.17) is 0 Å². The van der Waals surface area contributed by atoms with Crippen molar-refractivity contribution in [2.45, 2.75) is 26.3 Å². The second-order valence-electron chi connectivity index (χ2n) is 3.10. The molecule has 0 amide bonds. The largest absolute Gasteiger partial charge is 0.375 e. The van der Waals surface area contributed by atoms with Crippen LogP contribution in [0.1, 0.15) is 20.3 Å². The maximum absolute atomic E-state index is 3.96. The Labute approximate surface area is 57.4 Å². The van der Waals surface area contributed by atoms with Crippen LogP contribution < -0.4 is 0 Å². The van der Waals surface area contributed by atoms with Gasteiger partial charge < -0.3 is 4.90 Å². The molecule has 0 aromatic heterocycles. The Bertz CT molecular complexity index is 129. The molecule has 0 aliphatic carbocycles. The van der Waals surface area contributed by atoms with E-state index in [2.05, 4.69) is 32.4 Å². The van der Waals surface area contributed by atoms with Crippen molar-refractivity contribution in [3.8, 4) is 0 Å². The Kier molecular flexibility index (Phi) is 1.52. The Morgan fingerprint density at radius 2 is 2.11 bits per heavy atom. The van der Waals surface area contributed by atoms with Crippen LogP contribution in [0, 0.1) is 5.92 Å². The second kappa shape index (κ2) is 2.05. The zero-order valence-electron chi connectivity index (χ0n) is 6.52. The molecule has 1 unspecified atom stereocenters. The molecule has 52 valence electrons. The molecule has 0 N–H and O–H groups in total. The van der Waals surface area contributed by atoms with Gasteiger partial charge in [-0.1, -0.05) is 13.5 Å². The van der Waals surface area contributed by atoms with Gasteiger partial charge >= 0.3 is 0 Å². The predicted molar refractivity (Wildman–Crippen MR) is 40.1 cm³/mol. The quantitative estimate of drug-likeness (QED) is 0.477. The van der Waals surface area contributed by atoms with Crippen molar-refractivity contribution in [3.05, 3.63) is 12.3 Å². The van der Waals surface area contributed by atoms with E-state index in [0.717, 1.165) is 5.92 Å². The Balaban J connectivity index is 2.65. The van der Waals surface area contributed by atoms with Crippen molar-refractivity contribution in [2.24, 2.45) is 5.92 Å². The molecule has 1 aliphatic heterocycles. The molecule has 0 aromatic carbocycles. The van der Waals surface area contributed by atoms with E-state index in [-0.39, 0.29) is 0 Å². The van der Waals surface area contributed by atoms with Gasteiger partial charge in [-0.2, -0.15) is 0 Å². The van der Waals surface area contributed by atoms with Gasteiger partial charge in [-0.25, -0.2) is 0 Å². The molecular formula is C8H15N. The monoisotopic (exact) mass is 125 g/mol. The third-order valence-corrected chi connectivity index (χ3v) is 2.49. The first kappa shape index (κ1) is 6.66. The molecule has 0 radical (unpaired) electrons. The van der Waals surface area contributed by atoms with Gasteiger partial charge in [0.1, 0.15) is 0 Å². The van der Waals surface area contributed by atoms with Gasteiger partial charge in [-0.05, 0) is 19.3 Å². The second-order valence-corrected chi connectivity index (χ2v) is 3.10. The lowest BCUT2D eigenvalue weighted by Gasteiger charge is -2.19. The van der Waals surface area contributed by atoms with E-state index in [1.165, 1.54) is 12.1 Å². The minimum Gasteiger partial charge on any atom is -0.375 e. The summed E-state index contributed by atoms with van der Waals surface area (Å²) in [5, 5.41) is 0. The molecule has 0 spiro atoms. The van der Waals surface area contributed by atoms with Crippen LogP contribution in [0.5, 0.6) is 0 Å². The third kappa shape index (κ3) is 0.958. The average Bonchev–Trinajstić information content (AvgIpc) is 1.98. The highest BCUT2D eigenvalue weighted by Gasteiger charge is 2.25. The number of nitrogens with zero attached hydrogens (tertiary/aromatic N) is 1. The first-order valence-electron chi connectivity index (χ1n) is 3.53. The van der Waals surface area contributed by atoms with E-state index >= 15 is 0 Å². The standard InChI is InChI=1S/C8H15N/c1-6-5-7(2)9(4)8(6)3/h6,8H,2,5H2,1,3-4H3/t6-,8?/m1/s1. The van der Waals surface area contributed by atoms with Crippen molar-refractivity contribution in [1.82, 2.24) is 4.90 Å². The zero-order chi connectivity index (χ0) is 7.02. The molecule has 1 nitrogen and oxygen atoms in total. The fourth-order valence-electron chi connectivity index (χ4n) is 1.36. The minimum atomic E-state index is 0.692. The summed E-state index contributed by atoms with van der Waals surface area (Å²) in [7, 11) is 2.12. The Hall–Kier alpha value is -0.460. The molecule has 0 saturated carbocycles. The van der Waals surface area contributed by atoms with Gasteiger partial charge in [0.05, 0.1) is 0 Å². The van der Waals surface area contributed by atoms with Crippen LogP contribution in [0.4, 0.5) is 0 Å². The lowest BCUT2D eigenvalue weighted by molar-refractivity contribution is 0.330. The molecular weight excluding hydrogens is 110 g/mol. The van der Waals surface area contributed by atoms with Crippen molar-refractivity contribution in [3.63, 3.8) is 0 Å². The maximum atomic E-state index is 3.96. The highest BCUT2D eigenvalue weighted by Crippen LogP contribution is 2.28. The SMILES string of the molecule is C=C1C[C@@H](C)C(C)N1C. The fourth-order valence-corrected chi connectivity index (χ4v) is 1.36. The van der Waals surface area contributed by atoms with E-state index < -0.39 is 0 Å². The van der Waals surface area contributed by atoms with Crippen LogP contribution >= 0.6 is 0 Å². The Morgan fingerprint density at radius 1 is 1.56 bits per heavy atom. The lowest BCUT2D eigenvalue weighted by atomic mass is 10.1. The fraction of sp³-hybridized carbons (Fsp3) is 0.750. The molecule has 0 aromatic rings. The first-order chi connectivity index (χ1) is 4.13. The molecule has 1 heterocycles. The van der Waals surface area contributed by atoms with Crippen LogP contribution in [-0.4, -0.2) is 18.0 Å². The topological polar surface area (TPSA) is 3.24 Å². The number of rotatable bonds is 0. The predicted octanol–water partition coefficient (Wildman–Crippen LogP) is 1.86. The summed E-state index contributed by atoms with van der Waals surface area (Å²) in [6, 6.07) is 0.692.